The van der Waals surface area contributed by atoms with Gasteiger partial charge in [0, 0.05) is 9.79 Å². The van der Waals surface area contributed by atoms with Crippen molar-refractivity contribution in [1.82, 2.24) is 5.32 Å². The first kappa shape index (κ1) is 14.5. The molecule has 0 bridgehead atoms. The van der Waals surface area contributed by atoms with Crippen molar-refractivity contribution in [3.05, 3.63) is 54.6 Å². The molecule has 0 saturated carbocycles. The van der Waals surface area contributed by atoms with E-state index in [1.807, 2.05) is 54.9 Å². The van der Waals surface area contributed by atoms with Gasteiger partial charge < -0.3 is 0 Å². The molecule has 5 heteroatoms. The third-order valence-corrected chi connectivity index (χ3v) is 4.07. The van der Waals surface area contributed by atoms with Crippen LogP contribution < -0.4 is 5.32 Å². The Balaban J connectivity index is 2.29. The molecular formula is C15H13N3S2. The lowest BCUT2D eigenvalue weighted by atomic mass is 10.3. The predicted octanol–water partition coefficient (Wildman–Crippen LogP) is 4.26. The fourth-order valence-electron chi connectivity index (χ4n) is 1.53. The molecule has 0 fully saturated rings. The van der Waals surface area contributed by atoms with E-state index >= 15 is 0 Å². The van der Waals surface area contributed by atoms with Gasteiger partial charge in [-0.2, -0.15) is 5.26 Å². The molecule has 3 nitrogen and oxygen atoms in total. The summed E-state index contributed by atoms with van der Waals surface area (Å²) < 4.78 is 0. The van der Waals surface area contributed by atoms with E-state index in [0.29, 0.717) is 5.17 Å². The number of hydrogen-bond donors (Lipinski definition) is 1. The highest BCUT2D eigenvalue weighted by Crippen LogP contribution is 2.35. The highest BCUT2D eigenvalue weighted by Gasteiger charge is 2.04. The number of nitrogens with one attached hydrogen (secondary N) is 1. The highest BCUT2D eigenvalue weighted by molar-refractivity contribution is 8.13. The summed E-state index contributed by atoms with van der Waals surface area (Å²) in [6.45, 7) is 0. The van der Waals surface area contributed by atoms with Crippen LogP contribution in [0.25, 0.3) is 0 Å². The first-order valence-electron chi connectivity index (χ1n) is 5.93. The first-order chi connectivity index (χ1) is 9.83. The maximum absolute atomic E-state index is 8.69. The third kappa shape index (κ3) is 4.05. The van der Waals surface area contributed by atoms with Crippen LogP contribution in [-0.4, -0.2) is 11.4 Å². The molecule has 2 aromatic carbocycles. The Morgan fingerprint density at radius 3 is 2.50 bits per heavy atom. The average Bonchev–Trinajstić information content (AvgIpc) is 2.49. The van der Waals surface area contributed by atoms with Crippen molar-refractivity contribution in [3.8, 4) is 6.19 Å². The van der Waals surface area contributed by atoms with Gasteiger partial charge in [-0.3, -0.25) is 5.32 Å². The second-order valence-electron chi connectivity index (χ2n) is 3.74. The second-order valence-corrected chi connectivity index (χ2v) is 5.65. The van der Waals surface area contributed by atoms with Crippen LogP contribution in [0, 0.1) is 11.5 Å². The van der Waals surface area contributed by atoms with Crippen LogP contribution in [0.1, 0.15) is 0 Å². The van der Waals surface area contributed by atoms with Gasteiger partial charge in [-0.1, -0.05) is 53.9 Å². The zero-order valence-electron chi connectivity index (χ0n) is 10.9. The van der Waals surface area contributed by atoms with E-state index in [9.17, 15) is 0 Å². The number of nitrogens with zero attached hydrogens (tertiary/aromatic N) is 2. The standard InChI is InChI=1S/C15H13N3S2/c1-19-15(17-11-16)18-13-9-5-6-10-14(13)20-12-7-3-2-4-8-12/h2-10H,1H3,(H,17,18). The SMILES string of the molecule is CSC(=Nc1ccccc1Sc1ccccc1)NC#N. The molecule has 0 aliphatic rings. The summed E-state index contributed by atoms with van der Waals surface area (Å²) in [6.07, 6.45) is 3.78. The number of benzene rings is 2. The topological polar surface area (TPSA) is 48.2 Å². The van der Waals surface area contributed by atoms with Gasteiger partial charge in [0.25, 0.3) is 0 Å². The maximum atomic E-state index is 8.69. The van der Waals surface area contributed by atoms with Crippen LogP contribution in [0.4, 0.5) is 5.69 Å². The minimum atomic E-state index is 0.591. The van der Waals surface area contributed by atoms with E-state index in [0.717, 1.165) is 15.5 Å². The summed E-state index contributed by atoms with van der Waals surface area (Å²) in [6, 6.07) is 18.1. The van der Waals surface area contributed by atoms with E-state index in [1.54, 1.807) is 11.8 Å². The molecule has 0 unspecified atom stereocenters. The van der Waals surface area contributed by atoms with Gasteiger partial charge in [-0.15, -0.1) is 0 Å². The van der Waals surface area contributed by atoms with Crippen LogP contribution in [0.3, 0.4) is 0 Å². The lowest BCUT2D eigenvalue weighted by Crippen LogP contribution is -2.12. The molecular weight excluding hydrogens is 286 g/mol. The van der Waals surface area contributed by atoms with Gasteiger partial charge in [0.2, 0.25) is 0 Å². The van der Waals surface area contributed by atoms with E-state index in [-0.39, 0.29) is 0 Å². The lowest BCUT2D eigenvalue weighted by molar-refractivity contribution is 1.26. The summed E-state index contributed by atoms with van der Waals surface area (Å²) >= 11 is 3.07. The normalized spacial score (nSPS) is 10.9. The van der Waals surface area contributed by atoms with Gasteiger partial charge in [0.05, 0.1) is 5.69 Å². The molecule has 0 spiro atoms. The molecule has 0 heterocycles. The minimum absolute atomic E-state index is 0.591. The van der Waals surface area contributed by atoms with Crippen molar-refractivity contribution >= 4 is 34.4 Å². The van der Waals surface area contributed by atoms with Gasteiger partial charge in [0.15, 0.2) is 11.4 Å². The number of nitriles is 1. The highest BCUT2D eigenvalue weighted by atomic mass is 32.2. The molecule has 1 N–H and O–H groups in total. The van der Waals surface area contributed by atoms with E-state index < -0.39 is 0 Å². The van der Waals surface area contributed by atoms with Gasteiger partial charge >= 0.3 is 0 Å². The lowest BCUT2D eigenvalue weighted by Gasteiger charge is -2.06. The van der Waals surface area contributed by atoms with E-state index in [2.05, 4.69) is 22.4 Å². The van der Waals surface area contributed by atoms with Crippen molar-refractivity contribution in [3.63, 3.8) is 0 Å². The fourth-order valence-corrected chi connectivity index (χ4v) is 2.78. The molecule has 0 aromatic heterocycles. The molecule has 0 atom stereocenters. The molecule has 0 amide bonds. The summed E-state index contributed by atoms with van der Waals surface area (Å²) in [7, 11) is 0. The Labute approximate surface area is 127 Å². The minimum Gasteiger partial charge on any atom is -0.271 e. The van der Waals surface area contributed by atoms with Crippen molar-refractivity contribution in [2.24, 2.45) is 4.99 Å². The third-order valence-electron chi connectivity index (χ3n) is 2.41. The van der Waals surface area contributed by atoms with Gasteiger partial charge in [-0.05, 0) is 30.5 Å². The summed E-state index contributed by atoms with van der Waals surface area (Å²) in [4.78, 5) is 6.71. The molecule has 20 heavy (non-hydrogen) atoms. The van der Waals surface area contributed by atoms with Gasteiger partial charge in [-0.25, -0.2) is 4.99 Å². The van der Waals surface area contributed by atoms with E-state index in [4.69, 9.17) is 5.26 Å². The number of aliphatic imine (C=N–C) groups is 1. The zero-order valence-corrected chi connectivity index (χ0v) is 12.5. The Morgan fingerprint density at radius 2 is 1.80 bits per heavy atom. The van der Waals surface area contributed by atoms with Crippen molar-refractivity contribution in [2.45, 2.75) is 9.79 Å². The van der Waals surface area contributed by atoms with Gasteiger partial charge in [0.1, 0.15) is 0 Å². The number of rotatable bonds is 3. The zero-order chi connectivity index (χ0) is 14.2. The molecule has 100 valence electrons. The largest absolute Gasteiger partial charge is 0.271 e. The summed E-state index contributed by atoms with van der Waals surface area (Å²) in [5.74, 6) is 0. The Bertz CT molecular complexity index is 633. The first-order valence-corrected chi connectivity index (χ1v) is 7.97. The predicted molar refractivity (Wildman–Crippen MR) is 86.4 cm³/mol. The second kappa shape index (κ2) is 7.63. The molecule has 0 radical (unpaired) electrons. The summed E-state index contributed by atoms with van der Waals surface area (Å²) in [5, 5.41) is 11.9. The molecule has 0 saturated heterocycles. The smallest absolute Gasteiger partial charge is 0.183 e. The van der Waals surface area contributed by atoms with Crippen LogP contribution in [0.5, 0.6) is 0 Å². The van der Waals surface area contributed by atoms with Crippen LogP contribution in [-0.2, 0) is 0 Å². The van der Waals surface area contributed by atoms with Crippen molar-refractivity contribution in [1.29, 1.82) is 5.26 Å². The molecule has 2 rings (SSSR count). The maximum Gasteiger partial charge on any atom is 0.183 e. The Kier molecular flexibility index (Phi) is 5.54. The Morgan fingerprint density at radius 1 is 1.10 bits per heavy atom. The Hall–Kier alpha value is -1.90. The van der Waals surface area contributed by atoms with Crippen LogP contribution in [0.15, 0.2) is 69.4 Å². The average molecular weight is 299 g/mol. The van der Waals surface area contributed by atoms with E-state index in [1.165, 1.54) is 11.8 Å². The van der Waals surface area contributed by atoms with Crippen LogP contribution >= 0.6 is 23.5 Å². The number of hydrogen-bond acceptors (Lipinski definition) is 4. The molecule has 2 aromatic rings. The number of para-hydroxylation sites is 1. The fraction of sp³-hybridized carbons (Fsp3) is 0.0667. The summed E-state index contributed by atoms with van der Waals surface area (Å²) in [5.41, 5.74) is 0.855. The van der Waals surface area contributed by atoms with Crippen molar-refractivity contribution < 1.29 is 0 Å². The number of thioether (sulfide) groups is 1. The van der Waals surface area contributed by atoms with Crippen molar-refractivity contribution in [2.75, 3.05) is 6.26 Å². The molecule has 0 aliphatic carbocycles. The molecule has 0 aliphatic heterocycles. The van der Waals surface area contributed by atoms with Crippen LogP contribution in [0.2, 0.25) is 0 Å². The quantitative estimate of drug-likeness (QED) is 0.398. The monoisotopic (exact) mass is 299 g/mol. The number of amidine groups is 1.